The van der Waals surface area contributed by atoms with Crippen LogP contribution < -0.4 is 22.1 Å². The molecular weight excluding hydrogens is 216 g/mol. The van der Waals surface area contributed by atoms with Gasteiger partial charge in [-0.2, -0.15) is 0 Å². The van der Waals surface area contributed by atoms with E-state index in [9.17, 15) is 0 Å². The zero-order valence-corrected chi connectivity index (χ0v) is 11.4. The first kappa shape index (κ1) is 19.1. The average Bonchev–Trinajstić information content (AvgIpc) is 2.33. The van der Waals surface area contributed by atoms with Crippen LogP contribution in [0.4, 0.5) is 0 Å². The fraction of sp³-hybridized carbons (Fsp3) is 1.00. The normalized spacial score (nSPS) is 9.88. The van der Waals surface area contributed by atoms with Crippen LogP contribution in [-0.2, 0) is 0 Å². The summed E-state index contributed by atoms with van der Waals surface area (Å²) in [6, 6.07) is 0. The number of nitrogens with two attached hydrogens (primary N) is 2. The summed E-state index contributed by atoms with van der Waals surface area (Å²) in [4.78, 5) is 0. The van der Waals surface area contributed by atoms with Gasteiger partial charge in [-0.05, 0) is 71.9 Å². The third kappa shape index (κ3) is 25.8. The molecular formula is C12H32N4O. The van der Waals surface area contributed by atoms with Crippen LogP contribution in [0, 0.1) is 0 Å². The highest BCUT2D eigenvalue weighted by molar-refractivity contribution is 4.52. The van der Waals surface area contributed by atoms with Crippen LogP contribution in [-0.4, -0.2) is 51.0 Å². The van der Waals surface area contributed by atoms with E-state index in [0.717, 1.165) is 52.1 Å². The Bertz CT molecular complexity index is 103. The number of aliphatic hydroxyl groups excluding tert-OH is 1. The molecule has 106 valence electrons. The van der Waals surface area contributed by atoms with Crippen LogP contribution in [0.15, 0.2) is 0 Å². The standard InChI is InChI=1S/C10H26N4.C2H6O/c11-5-3-9-13-7-1-2-8-14-10-4-6-12;1-2-3/h13-14H,1-12H2;3H,2H2,1H3. The van der Waals surface area contributed by atoms with Gasteiger partial charge in [-0.3, -0.25) is 0 Å². The number of rotatable bonds is 11. The molecule has 0 spiro atoms. The van der Waals surface area contributed by atoms with Gasteiger partial charge in [0.15, 0.2) is 0 Å². The number of aliphatic hydroxyl groups is 1. The fourth-order valence-corrected chi connectivity index (χ4v) is 1.20. The van der Waals surface area contributed by atoms with E-state index in [4.69, 9.17) is 16.6 Å². The summed E-state index contributed by atoms with van der Waals surface area (Å²) in [5.74, 6) is 0. The van der Waals surface area contributed by atoms with Crippen molar-refractivity contribution in [2.75, 3.05) is 45.9 Å². The van der Waals surface area contributed by atoms with E-state index in [2.05, 4.69) is 10.6 Å². The number of hydrogen-bond donors (Lipinski definition) is 5. The Morgan fingerprint density at radius 2 is 1.06 bits per heavy atom. The Balaban J connectivity index is 0. The Labute approximate surface area is 106 Å². The monoisotopic (exact) mass is 248 g/mol. The van der Waals surface area contributed by atoms with Gasteiger partial charge >= 0.3 is 0 Å². The smallest absolute Gasteiger partial charge is 0.0402 e. The molecule has 0 radical (unpaired) electrons. The van der Waals surface area contributed by atoms with E-state index in [1.807, 2.05) is 0 Å². The van der Waals surface area contributed by atoms with Crippen molar-refractivity contribution in [3.63, 3.8) is 0 Å². The molecule has 0 saturated carbocycles. The van der Waals surface area contributed by atoms with Gasteiger partial charge in [0, 0.05) is 6.61 Å². The molecule has 5 heteroatoms. The van der Waals surface area contributed by atoms with Crippen molar-refractivity contribution < 1.29 is 5.11 Å². The lowest BCUT2D eigenvalue weighted by molar-refractivity contribution is 0.318. The van der Waals surface area contributed by atoms with Crippen LogP contribution in [0.3, 0.4) is 0 Å². The summed E-state index contributed by atoms with van der Waals surface area (Å²) >= 11 is 0. The van der Waals surface area contributed by atoms with Gasteiger partial charge < -0.3 is 27.2 Å². The Morgan fingerprint density at radius 3 is 1.35 bits per heavy atom. The topological polar surface area (TPSA) is 96.3 Å². The van der Waals surface area contributed by atoms with E-state index in [1.165, 1.54) is 12.8 Å². The minimum atomic E-state index is 0.250. The molecule has 0 aliphatic heterocycles. The molecule has 0 aliphatic rings. The first-order valence-electron chi connectivity index (χ1n) is 6.75. The SMILES string of the molecule is CCO.NCCCNCCCCNCCCN. The summed E-state index contributed by atoms with van der Waals surface area (Å²) in [6.45, 7) is 7.83. The van der Waals surface area contributed by atoms with Crippen molar-refractivity contribution in [1.82, 2.24) is 10.6 Å². The molecule has 0 amide bonds. The Morgan fingerprint density at radius 1 is 0.765 bits per heavy atom. The second-order valence-corrected chi connectivity index (χ2v) is 3.81. The lowest BCUT2D eigenvalue weighted by Gasteiger charge is -2.04. The molecule has 0 aromatic rings. The van der Waals surface area contributed by atoms with Crippen molar-refractivity contribution in [2.24, 2.45) is 11.5 Å². The maximum Gasteiger partial charge on any atom is 0.0402 e. The highest BCUT2D eigenvalue weighted by Crippen LogP contribution is 1.84. The van der Waals surface area contributed by atoms with E-state index < -0.39 is 0 Å². The van der Waals surface area contributed by atoms with Crippen LogP contribution in [0.2, 0.25) is 0 Å². The van der Waals surface area contributed by atoms with Gasteiger partial charge in [0.25, 0.3) is 0 Å². The largest absolute Gasteiger partial charge is 0.397 e. The van der Waals surface area contributed by atoms with Crippen molar-refractivity contribution in [2.45, 2.75) is 32.6 Å². The van der Waals surface area contributed by atoms with Crippen molar-refractivity contribution in [1.29, 1.82) is 0 Å². The predicted octanol–water partition coefficient (Wildman–Crippen LogP) is -0.358. The zero-order chi connectivity index (χ0) is 13.2. The minimum Gasteiger partial charge on any atom is -0.397 e. The molecule has 0 aliphatic carbocycles. The summed E-state index contributed by atoms with van der Waals surface area (Å²) in [5.41, 5.74) is 10.8. The summed E-state index contributed by atoms with van der Waals surface area (Å²) in [7, 11) is 0. The first-order chi connectivity index (χ1) is 8.33. The van der Waals surface area contributed by atoms with Gasteiger partial charge in [0.05, 0.1) is 0 Å². The predicted molar refractivity (Wildman–Crippen MR) is 75.1 cm³/mol. The van der Waals surface area contributed by atoms with E-state index >= 15 is 0 Å². The number of unbranched alkanes of at least 4 members (excludes halogenated alkanes) is 1. The van der Waals surface area contributed by atoms with Crippen molar-refractivity contribution in [3.8, 4) is 0 Å². The highest BCUT2D eigenvalue weighted by Gasteiger charge is 1.89. The van der Waals surface area contributed by atoms with Crippen LogP contribution in [0.5, 0.6) is 0 Å². The maximum absolute atomic E-state index is 7.57. The van der Waals surface area contributed by atoms with Crippen molar-refractivity contribution >= 4 is 0 Å². The third-order valence-corrected chi connectivity index (χ3v) is 2.07. The highest BCUT2D eigenvalue weighted by atomic mass is 16.2. The molecule has 0 saturated heterocycles. The molecule has 0 aromatic heterocycles. The Hall–Kier alpha value is -0.200. The molecule has 0 aromatic carbocycles. The van der Waals surface area contributed by atoms with Crippen LogP contribution >= 0.6 is 0 Å². The zero-order valence-electron chi connectivity index (χ0n) is 11.4. The summed E-state index contributed by atoms with van der Waals surface area (Å²) in [5, 5.41) is 14.3. The fourth-order valence-electron chi connectivity index (χ4n) is 1.20. The summed E-state index contributed by atoms with van der Waals surface area (Å²) in [6.07, 6.45) is 4.63. The number of hydrogen-bond acceptors (Lipinski definition) is 5. The molecule has 0 bridgehead atoms. The second-order valence-electron chi connectivity index (χ2n) is 3.81. The van der Waals surface area contributed by atoms with Crippen molar-refractivity contribution in [3.05, 3.63) is 0 Å². The molecule has 0 heterocycles. The molecule has 0 fully saturated rings. The lowest BCUT2D eigenvalue weighted by Crippen LogP contribution is -2.22. The molecule has 0 rings (SSSR count). The maximum atomic E-state index is 7.57. The molecule has 5 nitrogen and oxygen atoms in total. The molecule has 7 N–H and O–H groups in total. The third-order valence-electron chi connectivity index (χ3n) is 2.07. The van der Waals surface area contributed by atoms with Gasteiger partial charge in [-0.1, -0.05) is 0 Å². The molecule has 0 atom stereocenters. The lowest BCUT2D eigenvalue weighted by atomic mass is 10.3. The van der Waals surface area contributed by atoms with E-state index in [1.54, 1.807) is 6.92 Å². The van der Waals surface area contributed by atoms with Crippen LogP contribution in [0.25, 0.3) is 0 Å². The molecule has 0 unspecified atom stereocenters. The van der Waals surface area contributed by atoms with E-state index in [-0.39, 0.29) is 6.61 Å². The first-order valence-corrected chi connectivity index (χ1v) is 6.75. The quantitative estimate of drug-likeness (QED) is 0.322. The van der Waals surface area contributed by atoms with Gasteiger partial charge in [0.1, 0.15) is 0 Å². The Kier molecular flexibility index (Phi) is 23.8. The average molecular weight is 248 g/mol. The van der Waals surface area contributed by atoms with E-state index in [0.29, 0.717) is 0 Å². The van der Waals surface area contributed by atoms with Gasteiger partial charge in [-0.25, -0.2) is 0 Å². The van der Waals surface area contributed by atoms with Gasteiger partial charge in [0.2, 0.25) is 0 Å². The van der Waals surface area contributed by atoms with Crippen LogP contribution in [0.1, 0.15) is 32.6 Å². The number of nitrogens with one attached hydrogen (secondary N) is 2. The summed E-state index contributed by atoms with van der Waals surface area (Å²) < 4.78 is 0. The second kappa shape index (κ2) is 21.1. The minimum absolute atomic E-state index is 0.250. The van der Waals surface area contributed by atoms with Gasteiger partial charge in [-0.15, -0.1) is 0 Å². The molecule has 17 heavy (non-hydrogen) atoms.